The highest BCUT2D eigenvalue weighted by atomic mass is 16.5. The number of nitrogens with one attached hydrogen (secondary N) is 2. The van der Waals surface area contributed by atoms with Crippen molar-refractivity contribution in [1.29, 1.82) is 0 Å². The smallest absolute Gasteiger partial charge is 0.319 e. The third-order valence-electron chi connectivity index (χ3n) is 4.09. The molecular formula is C21H27N3O3. The van der Waals surface area contributed by atoms with Crippen LogP contribution in [0.3, 0.4) is 0 Å². The van der Waals surface area contributed by atoms with Crippen molar-refractivity contribution in [3.8, 4) is 5.75 Å². The molecule has 0 spiro atoms. The van der Waals surface area contributed by atoms with Crippen molar-refractivity contribution in [1.82, 2.24) is 10.2 Å². The molecule has 1 unspecified atom stereocenters. The lowest BCUT2D eigenvalue weighted by Gasteiger charge is -2.23. The Labute approximate surface area is 160 Å². The summed E-state index contributed by atoms with van der Waals surface area (Å²) in [6, 6.07) is 16.5. The number of carbonyl (C=O) groups is 2. The molecule has 0 saturated heterocycles. The fraction of sp³-hybridized carbons (Fsp3) is 0.333. The van der Waals surface area contributed by atoms with E-state index in [2.05, 4.69) is 24.5 Å². The zero-order chi connectivity index (χ0) is 19.8. The Kier molecular flexibility index (Phi) is 7.23. The Morgan fingerprint density at radius 1 is 1.00 bits per heavy atom. The number of benzene rings is 2. The number of urea groups is 1. The van der Waals surface area contributed by atoms with Crippen LogP contribution in [0, 0.1) is 5.92 Å². The van der Waals surface area contributed by atoms with Crippen LogP contribution in [0.2, 0.25) is 0 Å². The average molecular weight is 369 g/mol. The summed E-state index contributed by atoms with van der Waals surface area (Å²) in [5.41, 5.74) is 1.71. The molecule has 2 N–H and O–H groups in total. The maximum atomic E-state index is 12.4. The molecular weight excluding hydrogens is 342 g/mol. The number of amides is 3. The molecule has 0 radical (unpaired) electrons. The van der Waals surface area contributed by atoms with Crippen molar-refractivity contribution in [2.24, 2.45) is 5.92 Å². The summed E-state index contributed by atoms with van der Waals surface area (Å²) >= 11 is 0. The number of hydrogen-bond donors (Lipinski definition) is 2. The molecule has 1 atom stereocenters. The highest BCUT2D eigenvalue weighted by molar-refractivity contribution is 5.89. The average Bonchev–Trinajstić information content (AvgIpc) is 2.65. The van der Waals surface area contributed by atoms with Gasteiger partial charge in [0.05, 0.1) is 6.04 Å². The number of hydrogen-bond acceptors (Lipinski definition) is 3. The highest BCUT2D eigenvalue weighted by Crippen LogP contribution is 2.22. The number of carbonyl (C=O) groups excluding carboxylic acids is 2. The molecule has 0 aliphatic heterocycles. The first kappa shape index (κ1) is 20.3. The molecule has 144 valence electrons. The monoisotopic (exact) mass is 369 g/mol. The Morgan fingerprint density at radius 3 is 2.19 bits per heavy atom. The Morgan fingerprint density at radius 2 is 1.63 bits per heavy atom. The second-order valence-electron chi connectivity index (χ2n) is 6.83. The predicted molar refractivity (Wildman–Crippen MR) is 107 cm³/mol. The Bertz CT molecular complexity index is 743. The van der Waals surface area contributed by atoms with Gasteiger partial charge in [0.2, 0.25) is 0 Å². The molecule has 2 rings (SSSR count). The number of rotatable bonds is 7. The lowest BCUT2D eigenvalue weighted by molar-refractivity contribution is -0.130. The maximum Gasteiger partial charge on any atom is 0.319 e. The van der Waals surface area contributed by atoms with Crippen LogP contribution >= 0.6 is 0 Å². The van der Waals surface area contributed by atoms with Crippen LogP contribution in [-0.4, -0.2) is 37.5 Å². The summed E-state index contributed by atoms with van der Waals surface area (Å²) < 4.78 is 5.42. The topological polar surface area (TPSA) is 70.7 Å². The minimum Gasteiger partial charge on any atom is -0.484 e. The van der Waals surface area contributed by atoms with Gasteiger partial charge in [0.15, 0.2) is 6.61 Å². The van der Waals surface area contributed by atoms with Crippen molar-refractivity contribution in [3.63, 3.8) is 0 Å². The van der Waals surface area contributed by atoms with Gasteiger partial charge in [-0.15, -0.1) is 0 Å². The maximum absolute atomic E-state index is 12.4. The lowest BCUT2D eigenvalue weighted by atomic mass is 9.96. The number of anilines is 1. The van der Waals surface area contributed by atoms with E-state index >= 15 is 0 Å². The molecule has 0 saturated carbocycles. The third-order valence-corrected chi connectivity index (χ3v) is 4.09. The Hall–Kier alpha value is -3.02. The predicted octanol–water partition coefficient (Wildman–Crippen LogP) is 3.67. The molecule has 3 amide bonds. The van der Waals surface area contributed by atoms with E-state index in [1.54, 1.807) is 38.4 Å². The first-order valence-electron chi connectivity index (χ1n) is 8.92. The van der Waals surface area contributed by atoms with E-state index in [1.807, 2.05) is 30.3 Å². The van der Waals surface area contributed by atoms with Gasteiger partial charge >= 0.3 is 6.03 Å². The largest absolute Gasteiger partial charge is 0.484 e. The fourth-order valence-electron chi connectivity index (χ4n) is 2.51. The van der Waals surface area contributed by atoms with Crippen molar-refractivity contribution in [2.45, 2.75) is 19.9 Å². The number of likely N-dealkylation sites (N-methyl/N-ethyl adjacent to an activating group) is 1. The molecule has 0 heterocycles. The summed E-state index contributed by atoms with van der Waals surface area (Å²) in [5.74, 6) is 0.709. The van der Waals surface area contributed by atoms with E-state index < -0.39 is 0 Å². The normalized spacial score (nSPS) is 11.6. The van der Waals surface area contributed by atoms with Gasteiger partial charge in [-0.05, 0) is 35.7 Å². The summed E-state index contributed by atoms with van der Waals surface area (Å²) in [6.07, 6.45) is 0. The van der Waals surface area contributed by atoms with Gasteiger partial charge in [0.1, 0.15) is 5.75 Å². The minimum atomic E-state index is -0.269. The summed E-state index contributed by atoms with van der Waals surface area (Å²) in [7, 11) is 3.36. The van der Waals surface area contributed by atoms with E-state index in [9.17, 15) is 9.59 Å². The van der Waals surface area contributed by atoms with Crippen LogP contribution in [0.15, 0.2) is 54.6 Å². The van der Waals surface area contributed by atoms with Gasteiger partial charge < -0.3 is 20.3 Å². The lowest BCUT2D eigenvalue weighted by Crippen LogP contribution is -2.35. The number of ether oxygens (including phenoxy) is 1. The van der Waals surface area contributed by atoms with Gasteiger partial charge in [0, 0.05) is 19.8 Å². The molecule has 27 heavy (non-hydrogen) atoms. The standard InChI is InChI=1S/C21H27N3O3/c1-15(2)20(16-8-6-5-7-9-16)23-21(26)22-17-10-12-18(13-11-17)27-14-19(25)24(3)4/h5-13,15,20H,14H2,1-4H3,(H2,22,23,26). The van der Waals surface area contributed by atoms with Gasteiger partial charge in [-0.2, -0.15) is 0 Å². The molecule has 0 aliphatic carbocycles. The molecule has 2 aromatic carbocycles. The van der Waals surface area contributed by atoms with E-state index in [1.165, 1.54) is 4.90 Å². The van der Waals surface area contributed by atoms with Crippen LogP contribution < -0.4 is 15.4 Å². The minimum absolute atomic E-state index is 0.0204. The summed E-state index contributed by atoms with van der Waals surface area (Å²) in [6.45, 7) is 4.12. The van der Waals surface area contributed by atoms with Crippen LogP contribution in [0.4, 0.5) is 10.5 Å². The third kappa shape index (κ3) is 6.33. The van der Waals surface area contributed by atoms with Gasteiger partial charge in [-0.1, -0.05) is 44.2 Å². The second-order valence-corrected chi connectivity index (χ2v) is 6.83. The van der Waals surface area contributed by atoms with Gasteiger partial charge in [-0.3, -0.25) is 4.79 Å². The Balaban J connectivity index is 1.92. The first-order chi connectivity index (χ1) is 12.9. The van der Waals surface area contributed by atoms with E-state index in [4.69, 9.17) is 4.74 Å². The van der Waals surface area contributed by atoms with Gasteiger partial charge in [0.25, 0.3) is 5.91 Å². The fourth-order valence-corrected chi connectivity index (χ4v) is 2.51. The zero-order valence-electron chi connectivity index (χ0n) is 16.2. The van der Waals surface area contributed by atoms with Crippen molar-refractivity contribution >= 4 is 17.6 Å². The van der Waals surface area contributed by atoms with E-state index in [0.717, 1.165) is 5.56 Å². The molecule has 0 aliphatic rings. The van der Waals surface area contributed by atoms with E-state index in [-0.39, 0.29) is 30.5 Å². The molecule has 2 aromatic rings. The van der Waals surface area contributed by atoms with E-state index in [0.29, 0.717) is 11.4 Å². The van der Waals surface area contributed by atoms with Crippen molar-refractivity contribution in [2.75, 3.05) is 26.0 Å². The molecule has 6 heteroatoms. The van der Waals surface area contributed by atoms with Crippen LogP contribution in [0.25, 0.3) is 0 Å². The van der Waals surface area contributed by atoms with Crippen LogP contribution in [-0.2, 0) is 4.79 Å². The first-order valence-corrected chi connectivity index (χ1v) is 8.92. The van der Waals surface area contributed by atoms with Crippen molar-refractivity contribution < 1.29 is 14.3 Å². The molecule has 0 fully saturated rings. The summed E-state index contributed by atoms with van der Waals surface area (Å²) in [5, 5.41) is 5.84. The number of nitrogens with zero attached hydrogens (tertiary/aromatic N) is 1. The highest BCUT2D eigenvalue weighted by Gasteiger charge is 2.18. The molecule has 0 bridgehead atoms. The SMILES string of the molecule is CC(C)C(NC(=O)Nc1ccc(OCC(=O)N(C)C)cc1)c1ccccc1. The second kappa shape index (κ2) is 9.62. The van der Waals surface area contributed by atoms with Crippen molar-refractivity contribution in [3.05, 3.63) is 60.2 Å². The van der Waals surface area contributed by atoms with Crippen LogP contribution in [0.5, 0.6) is 5.75 Å². The molecule has 0 aromatic heterocycles. The van der Waals surface area contributed by atoms with Gasteiger partial charge in [-0.25, -0.2) is 4.79 Å². The summed E-state index contributed by atoms with van der Waals surface area (Å²) in [4.78, 5) is 25.4. The van der Waals surface area contributed by atoms with Crippen LogP contribution in [0.1, 0.15) is 25.5 Å². The zero-order valence-corrected chi connectivity index (χ0v) is 16.2. The molecule has 6 nitrogen and oxygen atoms in total. The quantitative estimate of drug-likeness (QED) is 0.782.